The van der Waals surface area contributed by atoms with Crippen molar-refractivity contribution in [1.29, 1.82) is 0 Å². The van der Waals surface area contributed by atoms with Gasteiger partial charge in [0.2, 0.25) is 0 Å². The van der Waals surface area contributed by atoms with Crippen molar-refractivity contribution in [3.8, 4) is 22.8 Å². The molecular weight excluding hydrogens is 281 g/mol. The maximum Gasteiger partial charge on any atom is 0.162 e. The van der Waals surface area contributed by atoms with E-state index in [0.717, 1.165) is 28.0 Å². The van der Waals surface area contributed by atoms with Crippen LogP contribution in [0.1, 0.15) is 5.56 Å². The fraction of sp³-hybridized carbons (Fsp3) is 0.167. The lowest BCUT2D eigenvalue weighted by molar-refractivity contribution is 0.171. The number of rotatable bonds is 1. The summed E-state index contributed by atoms with van der Waals surface area (Å²) in [5.41, 5.74) is 3.01. The molecule has 3 aromatic rings. The largest absolute Gasteiger partial charge is 0.486 e. The molecule has 0 saturated heterocycles. The summed E-state index contributed by atoms with van der Waals surface area (Å²) in [6, 6.07) is 12.7. The Morgan fingerprint density at radius 1 is 1.00 bits per heavy atom. The van der Waals surface area contributed by atoms with Gasteiger partial charge in [-0.25, -0.2) is 9.37 Å². The van der Waals surface area contributed by atoms with Crippen LogP contribution in [0.3, 0.4) is 0 Å². The average Bonchev–Trinajstić information content (AvgIpc) is 2.55. The smallest absolute Gasteiger partial charge is 0.162 e. The second kappa shape index (κ2) is 4.98. The number of hydrogen-bond acceptors (Lipinski definition) is 3. The summed E-state index contributed by atoms with van der Waals surface area (Å²) in [5, 5.41) is 0.835. The van der Waals surface area contributed by atoms with Gasteiger partial charge in [-0.1, -0.05) is 12.1 Å². The molecule has 0 unspecified atom stereocenters. The molecule has 0 spiro atoms. The van der Waals surface area contributed by atoms with Crippen molar-refractivity contribution in [2.24, 2.45) is 0 Å². The van der Waals surface area contributed by atoms with Crippen molar-refractivity contribution in [3.63, 3.8) is 0 Å². The molecule has 1 aromatic heterocycles. The van der Waals surface area contributed by atoms with E-state index in [2.05, 4.69) is 4.98 Å². The Labute approximate surface area is 127 Å². The van der Waals surface area contributed by atoms with Gasteiger partial charge in [-0.2, -0.15) is 0 Å². The molecule has 3 nitrogen and oxygen atoms in total. The summed E-state index contributed by atoms with van der Waals surface area (Å²) >= 11 is 0. The Hall–Kier alpha value is -2.62. The SMILES string of the molecule is Cc1cc(-c2ccc3c(c2)OCCO3)nc2c(F)cccc12. The molecule has 0 N–H and O–H groups in total. The highest BCUT2D eigenvalue weighted by atomic mass is 19.1. The molecule has 2 aromatic carbocycles. The Morgan fingerprint density at radius 3 is 2.68 bits per heavy atom. The van der Waals surface area contributed by atoms with Crippen LogP contribution < -0.4 is 9.47 Å². The molecule has 1 aliphatic heterocycles. The van der Waals surface area contributed by atoms with Gasteiger partial charge in [-0.15, -0.1) is 0 Å². The Kier molecular flexibility index (Phi) is 2.96. The fourth-order valence-electron chi connectivity index (χ4n) is 2.73. The minimum atomic E-state index is -0.306. The van der Waals surface area contributed by atoms with E-state index in [0.29, 0.717) is 24.5 Å². The van der Waals surface area contributed by atoms with Crippen LogP contribution in [0.25, 0.3) is 22.2 Å². The highest BCUT2D eigenvalue weighted by Gasteiger charge is 2.14. The zero-order valence-electron chi connectivity index (χ0n) is 12.1. The molecule has 0 fully saturated rings. The van der Waals surface area contributed by atoms with Crippen LogP contribution in [0.2, 0.25) is 0 Å². The highest BCUT2D eigenvalue weighted by Crippen LogP contribution is 2.35. The molecular formula is C18H14FNO2. The zero-order valence-corrected chi connectivity index (χ0v) is 12.1. The molecule has 0 radical (unpaired) electrons. The third-order valence-electron chi connectivity index (χ3n) is 3.84. The van der Waals surface area contributed by atoms with E-state index in [1.165, 1.54) is 6.07 Å². The lowest BCUT2D eigenvalue weighted by atomic mass is 10.0. The number of aromatic nitrogens is 1. The van der Waals surface area contributed by atoms with Crippen molar-refractivity contribution < 1.29 is 13.9 Å². The third kappa shape index (κ3) is 2.08. The topological polar surface area (TPSA) is 31.4 Å². The van der Waals surface area contributed by atoms with E-state index in [-0.39, 0.29) is 5.82 Å². The first kappa shape index (κ1) is 13.1. The van der Waals surface area contributed by atoms with Crippen molar-refractivity contribution >= 4 is 10.9 Å². The van der Waals surface area contributed by atoms with Crippen molar-refractivity contribution in [2.45, 2.75) is 6.92 Å². The van der Waals surface area contributed by atoms with Crippen LogP contribution in [0.5, 0.6) is 11.5 Å². The normalized spacial score (nSPS) is 13.4. The van der Waals surface area contributed by atoms with E-state index in [4.69, 9.17) is 9.47 Å². The standard InChI is InChI=1S/C18H14FNO2/c1-11-9-15(20-18-13(11)3-2-4-14(18)19)12-5-6-16-17(10-12)22-8-7-21-16/h2-6,9-10H,7-8H2,1H3. The summed E-state index contributed by atoms with van der Waals surface area (Å²) in [7, 11) is 0. The Morgan fingerprint density at radius 2 is 1.82 bits per heavy atom. The van der Waals surface area contributed by atoms with Crippen molar-refractivity contribution in [3.05, 3.63) is 53.8 Å². The molecule has 110 valence electrons. The number of pyridine rings is 1. The molecule has 0 aliphatic carbocycles. The lowest BCUT2D eigenvalue weighted by Gasteiger charge is -2.19. The molecule has 2 heterocycles. The maximum absolute atomic E-state index is 14.0. The van der Waals surface area contributed by atoms with Gasteiger partial charge < -0.3 is 9.47 Å². The predicted molar refractivity (Wildman–Crippen MR) is 82.9 cm³/mol. The van der Waals surface area contributed by atoms with Crippen LogP contribution in [0.4, 0.5) is 4.39 Å². The number of para-hydroxylation sites is 1. The van der Waals surface area contributed by atoms with Crippen LogP contribution in [-0.2, 0) is 0 Å². The second-order valence-corrected chi connectivity index (χ2v) is 5.32. The van der Waals surface area contributed by atoms with Gasteiger partial charge in [-0.3, -0.25) is 0 Å². The highest BCUT2D eigenvalue weighted by molar-refractivity contribution is 5.85. The number of aryl methyl sites for hydroxylation is 1. The molecule has 4 heteroatoms. The average molecular weight is 295 g/mol. The minimum absolute atomic E-state index is 0.306. The number of nitrogens with zero attached hydrogens (tertiary/aromatic N) is 1. The van der Waals surface area contributed by atoms with E-state index in [1.54, 1.807) is 6.07 Å². The minimum Gasteiger partial charge on any atom is -0.486 e. The summed E-state index contributed by atoms with van der Waals surface area (Å²) in [5.74, 6) is 1.13. The van der Waals surface area contributed by atoms with Gasteiger partial charge in [0.15, 0.2) is 11.5 Å². The van der Waals surface area contributed by atoms with Crippen molar-refractivity contribution in [1.82, 2.24) is 4.98 Å². The van der Waals surface area contributed by atoms with Crippen LogP contribution in [-0.4, -0.2) is 18.2 Å². The maximum atomic E-state index is 14.0. The summed E-state index contributed by atoms with van der Waals surface area (Å²) in [4.78, 5) is 4.48. The first-order valence-electron chi connectivity index (χ1n) is 7.18. The first-order chi connectivity index (χ1) is 10.7. The summed E-state index contributed by atoms with van der Waals surface area (Å²) in [6.45, 7) is 3.06. The molecule has 0 bridgehead atoms. The number of ether oxygens (including phenoxy) is 2. The zero-order chi connectivity index (χ0) is 15.1. The monoisotopic (exact) mass is 295 g/mol. The van der Waals surface area contributed by atoms with Gasteiger partial charge in [0.25, 0.3) is 0 Å². The summed E-state index contributed by atoms with van der Waals surface area (Å²) in [6.07, 6.45) is 0. The number of hydrogen-bond donors (Lipinski definition) is 0. The van der Waals surface area contributed by atoms with E-state index >= 15 is 0 Å². The van der Waals surface area contributed by atoms with Crippen LogP contribution >= 0.6 is 0 Å². The number of benzene rings is 2. The molecule has 0 saturated carbocycles. The Balaban J connectivity index is 1.89. The molecule has 0 amide bonds. The first-order valence-corrected chi connectivity index (χ1v) is 7.18. The van der Waals surface area contributed by atoms with Gasteiger partial charge in [0, 0.05) is 10.9 Å². The van der Waals surface area contributed by atoms with Gasteiger partial charge in [0.1, 0.15) is 24.5 Å². The van der Waals surface area contributed by atoms with E-state index in [9.17, 15) is 4.39 Å². The Bertz CT molecular complexity index is 876. The van der Waals surface area contributed by atoms with Gasteiger partial charge in [0.05, 0.1) is 5.69 Å². The fourth-order valence-corrected chi connectivity index (χ4v) is 2.73. The van der Waals surface area contributed by atoms with E-state index in [1.807, 2.05) is 37.3 Å². The number of halogens is 1. The lowest BCUT2D eigenvalue weighted by Crippen LogP contribution is -2.15. The predicted octanol–water partition coefficient (Wildman–Crippen LogP) is 4.12. The molecule has 0 atom stereocenters. The van der Waals surface area contributed by atoms with Crippen LogP contribution in [0.15, 0.2) is 42.5 Å². The quantitative estimate of drug-likeness (QED) is 0.676. The third-order valence-corrected chi connectivity index (χ3v) is 3.84. The summed E-state index contributed by atoms with van der Waals surface area (Å²) < 4.78 is 25.2. The molecule has 4 rings (SSSR count). The second-order valence-electron chi connectivity index (χ2n) is 5.32. The van der Waals surface area contributed by atoms with Crippen molar-refractivity contribution in [2.75, 3.05) is 13.2 Å². The van der Waals surface area contributed by atoms with E-state index < -0.39 is 0 Å². The number of fused-ring (bicyclic) bond motifs is 2. The molecule has 22 heavy (non-hydrogen) atoms. The van der Waals surface area contributed by atoms with Crippen LogP contribution in [0, 0.1) is 12.7 Å². The molecule has 1 aliphatic rings. The van der Waals surface area contributed by atoms with Gasteiger partial charge in [-0.05, 0) is 42.8 Å². The van der Waals surface area contributed by atoms with Gasteiger partial charge >= 0.3 is 0 Å².